The lowest BCUT2D eigenvalue weighted by Crippen LogP contribution is -2.30. The minimum absolute atomic E-state index is 0.0940. The second kappa shape index (κ2) is 99.4. The fourth-order valence-electron chi connectivity index (χ4n) is 13.7. The van der Waals surface area contributed by atoms with E-state index in [1.54, 1.807) is 0 Å². The first-order chi connectivity index (χ1) is 62.2. The average molecular weight is 1810 g/mol. The van der Waals surface area contributed by atoms with Gasteiger partial charge in [-0.05, 0) is 167 Å². The summed E-state index contributed by atoms with van der Waals surface area (Å²) in [5.41, 5.74) is 0. The van der Waals surface area contributed by atoms with Crippen LogP contribution in [0.4, 0.5) is 0 Å². The van der Waals surface area contributed by atoms with Crippen LogP contribution in [-0.4, -0.2) is 95.9 Å². The van der Waals surface area contributed by atoms with Crippen LogP contribution in [0.15, 0.2) is 194 Å². The molecule has 0 fully saturated rings. The molecule has 18 heteroatoms. The molecule has 0 saturated carbocycles. The van der Waals surface area contributed by atoms with E-state index in [4.69, 9.17) is 32.3 Å². The fourth-order valence-corrected chi connectivity index (χ4v) is 15.3. The van der Waals surface area contributed by atoms with Gasteiger partial charge in [0.15, 0.2) is 6.10 Å². The van der Waals surface area contributed by atoms with Gasteiger partial charge in [-0.1, -0.05) is 427 Å². The van der Waals surface area contributed by atoms with Crippen LogP contribution in [-0.2, 0) is 55.8 Å². The minimum Gasteiger partial charge on any atom is -0.463 e. The van der Waals surface area contributed by atoms with Crippen molar-refractivity contribution in [1.82, 2.24) is 0 Å². The molecule has 0 aromatic carbocycles. The monoisotopic (exact) mass is 1810 g/mol. The zero-order valence-corrected chi connectivity index (χ0v) is 82.2. The molecule has 5 atom stereocenters. The second-order valence-corrected chi connectivity index (χ2v) is 36.4. The summed E-state index contributed by atoms with van der Waals surface area (Å²) >= 11 is 0. The molecule has 5 unspecified atom stereocenters. The molecule has 16 nitrogen and oxygen atoms in total. The third-order valence-electron chi connectivity index (χ3n) is 21.3. The second-order valence-electron chi connectivity index (χ2n) is 33.5. The number of phosphoric acid groups is 2. The Hall–Kier alpha value is -5.61. The Bertz CT molecular complexity index is 3090. The van der Waals surface area contributed by atoms with Gasteiger partial charge in [0, 0.05) is 19.3 Å². The van der Waals surface area contributed by atoms with Crippen LogP contribution in [0.5, 0.6) is 0 Å². The first kappa shape index (κ1) is 121. The van der Waals surface area contributed by atoms with Crippen molar-refractivity contribution >= 4 is 33.6 Å². The summed E-state index contributed by atoms with van der Waals surface area (Å²) in [7, 11) is -9.83. The number of esters is 3. The fraction of sp³-hybridized carbons (Fsp3) is 0.679. The number of hydrogen-bond donors (Lipinski definition) is 4. The molecular formula is C109H184O16P2. The standard InChI is InChI=1S/C109H184O16P2/c1-4-7-10-13-16-19-22-25-28-31-34-37-40-43-46-49-51-54-56-59-62-65-68-71-74-77-80-83-86-89-92-95-107(112)119-98-104(110)99-121-126(115,116)122-100-105(111)101-123-127(117,118)124-103-106(125-109(114)97-94-91-88-85-82-79-76-73-70-67-64-61-58-53-48-45-42-39-36-33-30-27-24-21-18-15-12-9-6-3)102-120-108(113)96-93-90-87-84-81-78-75-72-69-66-63-60-57-55-52-50-47-44-41-38-35-32-29-26-23-20-17-14-11-8-5-2/h7,9-10,12,16-21,25-30,34-39,43-48,51,54,58,61,104-106,110-111H,4-6,8,11,13-15,22-24,31-33,40-42,49-50,52-53,55-57,59-60,62-103H2,1-3H3,(H,115,116)(H,117,118)/b10-7-,12-9-,19-16-,20-17-,21-18-,28-25-,29-26-,30-27-,37-34-,38-35-,39-36-,46-43-,47-44-,48-45-,54-51-,61-58-. The maximum Gasteiger partial charge on any atom is 0.472 e. The van der Waals surface area contributed by atoms with Crippen LogP contribution in [0, 0.1) is 0 Å². The molecule has 0 radical (unpaired) electrons. The third kappa shape index (κ3) is 101. The van der Waals surface area contributed by atoms with Crippen LogP contribution < -0.4 is 0 Å². The molecule has 726 valence electrons. The summed E-state index contributed by atoms with van der Waals surface area (Å²) in [5.74, 6) is -1.57. The van der Waals surface area contributed by atoms with Crippen LogP contribution in [0.2, 0.25) is 0 Å². The number of carbonyl (C=O) groups excluding carboxylic acids is 3. The SMILES string of the molecule is CC/C=C\C/C=C\C/C=C\C/C=C\C/C=C\C/C=C\CCCCCCCCCCCCCCC(=O)OCC(O)COP(=O)(O)OCC(O)COP(=O)(O)OCC(COC(=O)CCCCCCCCCCCCCCCCC/C=C\C/C=C\C/C=C\C/C=C\CCCCC)OC(=O)CCCCCCCCCCCC/C=C\C/C=C\C/C=C\C/C=C\C/C=C\C/C=C\CC. The quantitative estimate of drug-likeness (QED) is 0.0146. The first-order valence-electron chi connectivity index (χ1n) is 50.7. The van der Waals surface area contributed by atoms with E-state index in [0.29, 0.717) is 19.3 Å². The van der Waals surface area contributed by atoms with Crippen molar-refractivity contribution in [2.45, 2.75) is 437 Å². The van der Waals surface area contributed by atoms with E-state index >= 15 is 0 Å². The van der Waals surface area contributed by atoms with E-state index in [9.17, 15) is 43.5 Å². The number of rotatable bonds is 95. The first-order valence-corrected chi connectivity index (χ1v) is 53.7. The normalized spacial score (nSPS) is 14.5. The highest BCUT2D eigenvalue weighted by Gasteiger charge is 2.30. The Morgan fingerprint density at radius 2 is 0.417 bits per heavy atom. The number of hydrogen-bond acceptors (Lipinski definition) is 14. The van der Waals surface area contributed by atoms with Gasteiger partial charge in [0.1, 0.15) is 25.4 Å². The highest BCUT2D eigenvalue weighted by molar-refractivity contribution is 7.47. The lowest BCUT2D eigenvalue weighted by atomic mass is 10.0. The zero-order valence-electron chi connectivity index (χ0n) is 80.4. The van der Waals surface area contributed by atoms with Gasteiger partial charge >= 0.3 is 33.6 Å². The van der Waals surface area contributed by atoms with Crippen LogP contribution >= 0.6 is 15.6 Å². The summed E-state index contributed by atoms with van der Waals surface area (Å²) in [5, 5.41) is 20.8. The van der Waals surface area contributed by atoms with Crippen molar-refractivity contribution in [3.8, 4) is 0 Å². The number of phosphoric ester groups is 2. The highest BCUT2D eigenvalue weighted by Crippen LogP contribution is 2.45. The Kier molecular flexibility index (Phi) is 95.0. The number of carbonyl (C=O) groups is 3. The lowest BCUT2D eigenvalue weighted by Gasteiger charge is -2.21. The van der Waals surface area contributed by atoms with Crippen LogP contribution in [0.25, 0.3) is 0 Å². The van der Waals surface area contributed by atoms with E-state index in [0.717, 1.165) is 173 Å². The Balaban J connectivity index is 4.66. The van der Waals surface area contributed by atoms with Crippen molar-refractivity contribution in [2.75, 3.05) is 39.6 Å². The van der Waals surface area contributed by atoms with Gasteiger partial charge in [0.2, 0.25) is 0 Å². The van der Waals surface area contributed by atoms with Crippen LogP contribution in [0.3, 0.4) is 0 Å². The lowest BCUT2D eigenvalue weighted by molar-refractivity contribution is -0.161. The van der Waals surface area contributed by atoms with E-state index in [1.807, 2.05) is 0 Å². The molecule has 0 aromatic heterocycles. The summed E-state index contributed by atoms with van der Waals surface area (Å²) in [6.45, 7) is 2.48. The van der Waals surface area contributed by atoms with Crippen LogP contribution in [0.1, 0.15) is 419 Å². The molecule has 0 aliphatic heterocycles. The molecule has 0 aliphatic carbocycles. The van der Waals surface area contributed by atoms with Gasteiger partial charge in [-0.3, -0.25) is 32.5 Å². The molecule has 4 N–H and O–H groups in total. The molecule has 0 bridgehead atoms. The number of allylic oxidation sites excluding steroid dienone is 32. The molecule has 0 saturated heterocycles. The van der Waals surface area contributed by atoms with Gasteiger partial charge in [-0.15, -0.1) is 0 Å². The van der Waals surface area contributed by atoms with E-state index < -0.39 is 91.5 Å². The van der Waals surface area contributed by atoms with Gasteiger partial charge < -0.3 is 34.2 Å². The predicted molar refractivity (Wildman–Crippen MR) is 537 cm³/mol. The van der Waals surface area contributed by atoms with Crippen molar-refractivity contribution in [1.29, 1.82) is 0 Å². The molecule has 0 rings (SSSR count). The average Bonchev–Trinajstić information content (AvgIpc) is 0.955. The summed E-state index contributed by atoms with van der Waals surface area (Å²) in [6, 6.07) is 0. The number of unbranched alkanes of at least 4 members (excludes halogenated alkanes) is 40. The van der Waals surface area contributed by atoms with E-state index in [-0.39, 0.29) is 19.3 Å². The largest absolute Gasteiger partial charge is 0.472 e. The number of ether oxygens (including phenoxy) is 3. The van der Waals surface area contributed by atoms with Gasteiger partial charge in [-0.2, -0.15) is 0 Å². The number of aliphatic hydroxyl groups is 2. The molecule has 0 heterocycles. The van der Waals surface area contributed by atoms with E-state index in [2.05, 4.69) is 215 Å². The summed E-state index contributed by atoms with van der Waals surface area (Å²) in [4.78, 5) is 59.2. The van der Waals surface area contributed by atoms with Gasteiger partial charge in [0.25, 0.3) is 0 Å². The molecule has 0 aromatic rings. The third-order valence-corrected chi connectivity index (χ3v) is 23.2. The van der Waals surface area contributed by atoms with E-state index in [1.165, 1.54) is 186 Å². The molecule has 0 spiro atoms. The summed E-state index contributed by atoms with van der Waals surface area (Å²) in [6.07, 6.45) is 133. The molecule has 127 heavy (non-hydrogen) atoms. The number of aliphatic hydroxyl groups excluding tert-OH is 2. The molecule has 0 aliphatic rings. The van der Waals surface area contributed by atoms with Gasteiger partial charge in [-0.25, -0.2) is 9.13 Å². The highest BCUT2D eigenvalue weighted by atomic mass is 31.2. The summed E-state index contributed by atoms with van der Waals surface area (Å²) < 4.78 is 61.7. The van der Waals surface area contributed by atoms with Crippen molar-refractivity contribution < 1.29 is 75.8 Å². The Labute approximate surface area is 776 Å². The Morgan fingerprint density at radius 1 is 0.228 bits per heavy atom. The maximum absolute atomic E-state index is 13.1. The van der Waals surface area contributed by atoms with Crippen molar-refractivity contribution in [3.63, 3.8) is 0 Å². The van der Waals surface area contributed by atoms with Crippen molar-refractivity contribution in [2.24, 2.45) is 0 Å². The van der Waals surface area contributed by atoms with Crippen molar-refractivity contribution in [3.05, 3.63) is 194 Å². The topological polar surface area (TPSA) is 231 Å². The predicted octanol–water partition coefficient (Wildman–Crippen LogP) is 32.1. The smallest absolute Gasteiger partial charge is 0.463 e. The molecule has 0 amide bonds. The van der Waals surface area contributed by atoms with Gasteiger partial charge in [0.05, 0.1) is 26.4 Å². The Morgan fingerprint density at radius 3 is 0.661 bits per heavy atom. The maximum atomic E-state index is 13.1. The molecular weight excluding hydrogens is 1630 g/mol. The zero-order chi connectivity index (χ0) is 92.1. The minimum atomic E-state index is -4.95.